The molecule has 2 rings (SSSR count). The van der Waals surface area contributed by atoms with Gasteiger partial charge in [0.2, 0.25) is 0 Å². The third-order valence-corrected chi connectivity index (χ3v) is 3.89. The Labute approximate surface area is 143 Å². The second-order valence-corrected chi connectivity index (χ2v) is 5.60. The van der Waals surface area contributed by atoms with Crippen LogP contribution in [0.5, 0.6) is 5.75 Å². The van der Waals surface area contributed by atoms with Gasteiger partial charge in [-0.05, 0) is 30.8 Å². The molecule has 6 nitrogen and oxygen atoms in total. The Kier molecular flexibility index (Phi) is 6.04. The summed E-state index contributed by atoms with van der Waals surface area (Å²) in [5, 5.41) is -0.408. The Bertz CT molecular complexity index is 735. The van der Waals surface area contributed by atoms with Gasteiger partial charge in [-0.3, -0.25) is 14.5 Å². The number of rotatable bonds is 6. The molecule has 1 aromatic rings. The average Bonchev–Trinajstić information content (AvgIpc) is 2.82. The van der Waals surface area contributed by atoms with Gasteiger partial charge >= 0.3 is 5.97 Å². The lowest BCUT2D eigenvalue weighted by Crippen LogP contribution is -2.28. The van der Waals surface area contributed by atoms with Gasteiger partial charge in [-0.25, -0.2) is 4.79 Å². The average molecular weight is 345 g/mol. The van der Waals surface area contributed by atoms with Gasteiger partial charge in [0.1, 0.15) is 5.75 Å². The van der Waals surface area contributed by atoms with E-state index in [2.05, 4.69) is 5.92 Å². The van der Waals surface area contributed by atoms with E-state index in [0.29, 0.717) is 11.3 Å². The van der Waals surface area contributed by atoms with Gasteiger partial charge in [0, 0.05) is 5.56 Å². The van der Waals surface area contributed by atoms with Crippen molar-refractivity contribution in [3.05, 3.63) is 34.7 Å². The quantitative estimate of drug-likeness (QED) is 0.447. The molecule has 0 N–H and O–H groups in total. The zero-order valence-electron chi connectivity index (χ0n) is 13.0. The fraction of sp³-hybridized carbons (Fsp3) is 0.235. The molecule has 0 atom stereocenters. The minimum Gasteiger partial charge on any atom is -0.481 e. The van der Waals surface area contributed by atoms with E-state index < -0.39 is 17.1 Å². The third-order valence-electron chi connectivity index (χ3n) is 2.98. The molecular weight excluding hydrogens is 330 g/mol. The lowest BCUT2D eigenvalue weighted by Gasteiger charge is -2.09. The molecular formula is C17H15NO5S. The summed E-state index contributed by atoms with van der Waals surface area (Å²) in [7, 11) is 0. The summed E-state index contributed by atoms with van der Waals surface area (Å²) in [4.78, 5) is 36.6. The van der Waals surface area contributed by atoms with Crippen molar-refractivity contribution < 1.29 is 23.9 Å². The first-order valence-corrected chi connectivity index (χ1v) is 7.94. The predicted octanol–water partition coefficient (Wildman–Crippen LogP) is 2.30. The molecule has 1 saturated heterocycles. The van der Waals surface area contributed by atoms with Gasteiger partial charge in [0.05, 0.1) is 18.1 Å². The van der Waals surface area contributed by atoms with E-state index in [1.807, 2.05) is 0 Å². The normalized spacial score (nSPS) is 15.5. The van der Waals surface area contributed by atoms with Gasteiger partial charge in [-0.2, -0.15) is 0 Å². The fourth-order valence-corrected chi connectivity index (χ4v) is 2.77. The zero-order valence-corrected chi connectivity index (χ0v) is 13.8. The number of carbonyl (C=O) groups is 3. The van der Waals surface area contributed by atoms with E-state index in [-0.39, 0.29) is 24.7 Å². The number of nitrogens with zero attached hydrogens (tertiary/aromatic N) is 1. The molecule has 1 aliphatic rings. The van der Waals surface area contributed by atoms with Crippen LogP contribution in [-0.2, 0) is 14.3 Å². The maximum Gasteiger partial charge on any atom is 0.344 e. The maximum atomic E-state index is 12.2. The largest absolute Gasteiger partial charge is 0.481 e. The second kappa shape index (κ2) is 8.22. The smallest absolute Gasteiger partial charge is 0.344 e. The first kappa shape index (κ1) is 17.6. The van der Waals surface area contributed by atoms with Crippen LogP contribution in [-0.4, -0.2) is 41.8 Å². The molecule has 0 unspecified atom stereocenters. The highest BCUT2D eigenvalue weighted by atomic mass is 32.2. The predicted molar refractivity (Wildman–Crippen MR) is 90.1 cm³/mol. The molecule has 0 aromatic heterocycles. The van der Waals surface area contributed by atoms with Crippen LogP contribution in [0.2, 0.25) is 0 Å². The molecule has 1 heterocycles. The summed E-state index contributed by atoms with van der Waals surface area (Å²) in [6, 6.07) is 6.88. The molecule has 0 aliphatic carbocycles. The lowest BCUT2D eigenvalue weighted by atomic mass is 10.2. The van der Waals surface area contributed by atoms with E-state index in [0.717, 1.165) is 16.7 Å². The van der Waals surface area contributed by atoms with Crippen molar-refractivity contribution in [2.24, 2.45) is 0 Å². The van der Waals surface area contributed by atoms with Gasteiger partial charge in [0.25, 0.3) is 11.1 Å². The summed E-state index contributed by atoms with van der Waals surface area (Å²) in [5.74, 6) is 1.76. The molecule has 0 bridgehead atoms. The highest BCUT2D eigenvalue weighted by Crippen LogP contribution is 2.33. The Hall–Kier alpha value is -2.72. The van der Waals surface area contributed by atoms with Crippen molar-refractivity contribution >= 4 is 35.0 Å². The monoisotopic (exact) mass is 345 g/mol. The number of terminal acetylenes is 1. The van der Waals surface area contributed by atoms with Crippen molar-refractivity contribution in [2.75, 3.05) is 19.8 Å². The number of amides is 2. The summed E-state index contributed by atoms with van der Waals surface area (Å²) in [6.07, 6.45) is 6.70. The number of thioether (sulfide) groups is 1. The van der Waals surface area contributed by atoms with Crippen molar-refractivity contribution in [1.82, 2.24) is 4.90 Å². The topological polar surface area (TPSA) is 72.9 Å². The maximum absolute atomic E-state index is 12.2. The molecule has 7 heteroatoms. The van der Waals surface area contributed by atoms with E-state index in [1.165, 1.54) is 0 Å². The molecule has 1 fully saturated rings. The highest BCUT2D eigenvalue weighted by molar-refractivity contribution is 8.18. The Balaban J connectivity index is 2.18. The molecule has 124 valence electrons. The Morgan fingerprint density at radius 2 is 2.12 bits per heavy atom. The number of benzene rings is 1. The van der Waals surface area contributed by atoms with Crippen LogP contribution < -0.4 is 4.74 Å². The van der Waals surface area contributed by atoms with Crippen LogP contribution in [0.15, 0.2) is 29.2 Å². The summed E-state index contributed by atoms with van der Waals surface area (Å²) < 4.78 is 10.2. The van der Waals surface area contributed by atoms with Crippen LogP contribution in [0.25, 0.3) is 6.08 Å². The second-order valence-electron chi connectivity index (χ2n) is 4.60. The SMILES string of the molecule is C#CCN1C(=O)SC(=Cc2ccccc2OCC(=O)OCC)C1=O. The van der Waals surface area contributed by atoms with E-state index in [9.17, 15) is 14.4 Å². The number of esters is 1. The molecule has 0 saturated carbocycles. The molecule has 1 aromatic carbocycles. The number of carbonyl (C=O) groups excluding carboxylic acids is 3. The minimum absolute atomic E-state index is 0.0665. The Morgan fingerprint density at radius 1 is 1.38 bits per heavy atom. The van der Waals surface area contributed by atoms with Crippen molar-refractivity contribution in [3.8, 4) is 18.1 Å². The van der Waals surface area contributed by atoms with Crippen LogP contribution in [0, 0.1) is 12.3 Å². The molecule has 0 radical (unpaired) electrons. The van der Waals surface area contributed by atoms with Crippen LogP contribution in [0.1, 0.15) is 12.5 Å². The minimum atomic E-state index is -0.485. The van der Waals surface area contributed by atoms with E-state index in [4.69, 9.17) is 15.9 Å². The van der Waals surface area contributed by atoms with Gasteiger partial charge in [0.15, 0.2) is 6.61 Å². The van der Waals surface area contributed by atoms with Gasteiger partial charge < -0.3 is 9.47 Å². The molecule has 1 aliphatic heterocycles. The zero-order chi connectivity index (χ0) is 17.5. The van der Waals surface area contributed by atoms with Gasteiger partial charge in [-0.15, -0.1) is 6.42 Å². The number of hydrogen-bond acceptors (Lipinski definition) is 6. The van der Waals surface area contributed by atoms with Crippen molar-refractivity contribution in [2.45, 2.75) is 6.92 Å². The first-order valence-electron chi connectivity index (χ1n) is 7.13. The number of ether oxygens (including phenoxy) is 2. The van der Waals surface area contributed by atoms with Crippen LogP contribution >= 0.6 is 11.8 Å². The fourth-order valence-electron chi connectivity index (χ4n) is 1.94. The summed E-state index contributed by atoms with van der Waals surface area (Å²) in [6.45, 7) is 1.67. The number of imide groups is 1. The lowest BCUT2D eigenvalue weighted by molar-refractivity contribution is -0.145. The van der Waals surface area contributed by atoms with Crippen molar-refractivity contribution in [3.63, 3.8) is 0 Å². The van der Waals surface area contributed by atoms with Crippen LogP contribution in [0.4, 0.5) is 4.79 Å². The van der Waals surface area contributed by atoms with E-state index >= 15 is 0 Å². The molecule has 24 heavy (non-hydrogen) atoms. The third kappa shape index (κ3) is 4.18. The summed E-state index contributed by atoms with van der Waals surface area (Å²) >= 11 is 0.814. The number of hydrogen-bond donors (Lipinski definition) is 0. The highest BCUT2D eigenvalue weighted by Gasteiger charge is 2.34. The van der Waals surface area contributed by atoms with E-state index in [1.54, 1.807) is 37.3 Å². The standard InChI is InChI=1S/C17H15NO5S/c1-3-9-18-16(20)14(24-17(18)21)10-12-7-5-6-8-13(12)23-11-15(19)22-4-2/h1,5-8,10H,4,9,11H2,2H3. The van der Waals surface area contributed by atoms with Crippen LogP contribution in [0.3, 0.4) is 0 Å². The van der Waals surface area contributed by atoms with Crippen molar-refractivity contribution in [1.29, 1.82) is 0 Å². The molecule has 2 amide bonds. The number of para-hydroxylation sites is 1. The first-order chi connectivity index (χ1) is 11.6. The van der Waals surface area contributed by atoms with Gasteiger partial charge in [-0.1, -0.05) is 24.1 Å². The Morgan fingerprint density at radius 3 is 2.83 bits per heavy atom. The summed E-state index contributed by atoms with van der Waals surface area (Å²) in [5.41, 5.74) is 0.577. The molecule has 0 spiro atoms.